The van der Waals surface area contributed by atoms with E-state index >= 15 is 0 Å². The maximum Gasteiger partial charge on any atom is 0.243 e. The Morgan fingerprint density at radius 2 is 1.78 bits per heavy atom. The molecule has 0 bridgehead atoms. The van der Waals surface area contributed by atoms with Gasteiger partial charge in [-0.2, -0.15) is 9.57 Å². The average Bonchev–Trinajstić information content (AvgIpc) is 2.68. The zero-order valence-corrected chi connectivity index (χ0v) is 15.9. The van der Waals surface area contributed by atoms with E-state index in [2.05, 4.69) is 0 Å². The number of hydrogen-bond acceptors (Lipinski definition) is 4. The molecule has 1 aliphatic heterocycles. The lowest BCUT2D eigenvalue weighted by Gasteiger charge is -2.39. The van der Waals surface area contributed by atoms with E-state index < -0.39 is 10.0 Å². The van der Waals surface area contributed by atoms with Crippen LogP contribution in [0.1, 0.15) is 18.1 Å². The highest BCUT2D eigenvalue weighted by Crippen LogP contribution is 2.21. The average molecular weight is 383 g/mol. The molecule has 0 aliphatic carbocycles. The van der Waals surface area contributed by atoms with Crippen molar-refractivity contribution in [2.45, 2.75) is 24.3 Å². The van der Waals surface area contributed by atoms with Crippen LogP contribution in [-0.2, 0) is 21.2 Å². The van der Waals surface area contributed by atoms with Crippen molar-refractivity contribution in [3.63, 3.8) is 0 Å². The molecular weight excluding hydrogens is 362 g/mol. The Kier molecular flexibility index (Phi) is 5.59. The number of amides is 1. The van der Waals surface area contributed by atoms with E-state index in [0.717, 1.165) is 5.56 Å². The molecule has 3 rings (SSSR count). The third kappa shape index (κ3) is 4.18. The summed E-state index contributed by atoms with van der Waals surface area (Å²) >= 11 is 0. The Hall–Kier alpha value is -2.69. The van der Waals surface area contributed by atoms with Crippen LogP contribution in [0.4, 0.5) is 0 Å². The fraction of sp³-hybridized carbons (Fsp3) is 0.300. The summed E-state index contributed by atoms with van der Waals surface area (Å²) in [6, 6.07) is 17.2. The number of carbonyl (C=O) groups excluding carboxylic acids is 1. The van der Waals surface area contributed by atoms with E-state index in [-0.39, 0.29) is 29.9 Å². The van der Waals surface area contributed by atoms with Crippen LogP contribution in [0, 0.1) is 11.3 Å². The third-order valence-corrected chi connectivity index (χ3v) is 6.61. The van der Waals surface area contributed by atoms with Crippen molar-refractivity contribution in [2.75, 3.05) is 19.6 Å². The highest BCUT2D eigenvalue weighted by molar-refractivity contribution is 7.89. The van der Waals surface area contributed by atoms with Gasteiger partial charge in [-0.05, 0) is 36.8 Å². The minimum absolute atomic E-state index is 0.00382. The van der Waals surface area contributed by atoms with Crippen molar-refractivity contribution in [3.8, 4) is 6.07 Å². The molecule has 1 aliphatic rings. The van der Waals surface area contributed by atoms with Crippen molar-refractivity contribution < 1.29 is 13.2 Å². The van der Waals surface area contributed by atoms with E-state index in [0.29, 0.717) is 18.5 Å². The Labute approximate surface area is 159 Å². The molecular formula is C20H21N3O3S. The summed E-state index contributed by atoms with van der Waals surface area (Å²) in [4.78, 5) is 14.5. The smallest absolute Gasteiger partial charge is 0.243 e. The monoisotopic (exact) mass is 383 g/mol. The second-order valence-electron chi connectivity index (χ2n) is 6.60. The summed E-state index contributed by atoms with van der Waals surface area (Å²) in [6.45, 7) is 2.74. The van der Waals surface area contributed by atoms with Gasteiger partial charge >= 0.3 is 0 Å². The molecule has 27 heavy (non-hydrogen) atoms. The maximum absolute atomic E-state index is 12.8. The van der Waals surface area contributed by atoms with Crippen molar-refractivity contribution >= 4 is 15.9 Å². The van der Waals surface area contributed by atoms with Crippen LogP contribution < -0.4 is 0 Å². The number of nitrogens with zero attached hydrogens (tertiary/aromatic N) is 3. The summed E-state index contributed by atoms with van der Waals surface area (Å²) in [5.74, 6) is 0.00382. The lowest BCUT2D eigenvalue weighted by molar-refractivity contribution is -0.134. The molecule has 0 spiro atoms. The highest BCUT2D eigenvalue weighted by atomic mass is 32.2. The zero-order chi connectivity index (χ0) is 19.4. The molecule has 1 heterocycles. The predicted molar refractivity (Wildman–Crippen MR) is 101 cm³/mol. The van der Waals surface area contributed by atoms with Gasteiger partial charge in [0.1, 0.15) is 0 Å². The van der Waals surface area contributed by atoms with Gasteiger partial charge in [-0.3, -0.25) is 4.79 Å². The summed E-state index contributed by atoms with van der Waals surface area (Å²) in [5, 5.41) is 8.85. The number of benzene rings is 2. The van der Waals surface area contributed by atoms with Gasteiger partial charge in [0.25, 0.3) is 0 Å². The number of sulfonamides is 1. The molecule has 140 valence electrons. The van der Waals surface area contributed by atoms with Gasteiger partial charge in [0.2, 0.25) is 15.9 Å². The Morgan fingerprint density at radius 3 is 2.37 bits per heavy atom. The van der Waals surface area contributed by atoms with Crippen LogP contribution in [0.3, 0.4) is 0 Å². The minimum Gasteiger partial charge on any atom is -0.337 e. The number of carbonyl (C=O) groups is 1. The van der Waals surface area contributed by atoms with Crippen LogP contribution in [0.25, 0.3) is 0 Å². The van der Waals surface area contributed by atoms with Gasteiger partial charge in [0.05, 0.1) is 22.9 Å². The first-order valence-electron chi connectivity index (χ1n) is 8.75. The van der Waals surface area contributed by atoms with E-state index in [1.165, 1.54) is 28.6 Å². The number of rotatable bonds is 4. The number of piperazine rings is 1. The Balaban J connectivity index is 1.68. The standard InChI is InChI=1S/C20H21N3O3S/c1-16-15-22(27(25,26)19-9-7-18(14-21)8-10-19)11-12-23(16)20(24)13-17-5-3-2-4-6-17/h2-10,16H,11-13,15H2,1H3. The molecule has 1 fully saturated rings. The van der Waals surface area contributed by atoms with Crippen molar-refractivity contribution in [3.05, 3.63) is 65.7 Å². The Bertz CT molecular complexity index is 950. The van der Waals surface area contributed by atoms with Gasteiger partial charge in [0.15, 0.2) is 0 Å². The van der Waals surface area contributed by atoms with Crippen LogP contribution in [0.2, 0.25) is 0 Å². The van der Waals surface area contributed by atoms with E-state index in [4.69, 9.17) is 5.26 Å². The fourth-order valence-electron chi connectivity index (χ4n) is 3.24. The molecule has 1 saturated heterocycles. The van der Waals surface area contributed by atoms with Crippen LogP contribution >= 0.6 is 0 Å². The second kappa shape index (κ2) is 7.91. The van der Waals surface area contributed by atoms with E-state index in [1.54, 1.807) is 4.90 Å². The zero-order valence-electron chi connectivity index (χ0n) is 15.1. The normalized spacial score (nSPS) is 18.1. The number of nitriles is 1. The predicted octanol–water partition coefficient (Wildman–Crippen LogP) is 2.02. The molecule has 1 atom stereocenters. The van der Waals surface area contributed by atoms with Crippen molar-refractivity contribution in [2.24, 2.45) is 0 Å². The molecule has 1 unspecified atom stereocenters. The largest absolute Gasteiger partial charge is 0.337 e. The summed E-state index contributed by atoms with van der Waals surface area (Å²) < 4.78 is 27.1. The SMILES string of the molecule is CC1CN(S(=O)(=O)c2ccc(C#N)cc2)CCN1C(=O)Cc1ccccc1. The first kappa shape index (κ1) is 19.1. The van der Waals surface area contributed by atoms with Gasteiger partial charge in [0, 0.05) is 25.7 Å². The molecule has 0 N–H and O–H groups in total. The van der Waals surface area contributed by atoms with Gasteiger partial charge in [-0.1, -0.05) is 30.3 Å². The first-order valence-corrected chi connectivity index (χ1v) is 10.2. The molecule has 6 nitrogen and oxygen atoms in total. The third-order valence-electron chi connectivity index (χ3n) is 4.73. The topological polar surface area (TPSA) is 81.5 Å². The van der Waals surface area contributed by atoms with Gasteiger partial charge < -0.3 is 4.90 Å². The van der Waals surface area contributed by atoms with Gasteiger partial charge in [-0.25, -0.2) is 8.42 Å². The van der Waals surface area contributed by atoms with Crippen LogP contribution in [0.5, 0.6) is 0 Å². The molecule has 1 amide bonds. The van der Waals surface area contributed by atoms with Crippen molar-refractivity contribution in [1.29, 1.82) is 5.26 Å². The number of hydrogen-bond donors (Lipinski definition) is 0. The molecule has 0 saturated carbocycles. The molecule has 0 radical (unpaired) electrons. The highest BCUT2D eigenvalue weighted by Gasteiger charge is 2.34. The summed E-state index contributed by atoms with van der Waals surface area (Å²) in [6.07, 6.45) is 0.313. The van der Waals surface area contributed by atoms with Crippen LogP contribution in [0.15, 0.2) is 59.5 Å². The summed E-state index contributed by atoms with van der Waals surface area (Å²) in [5.41, 5.74) is 1.36. The Morgan fingerprint density at radius 1 is 1.11 bits per heavy atom. The second-order valence-corrected chi connectivity index (χ2v) is 8.54. The minimum atomic E-state index is -3.64. The fourth-order valence-corrected chi connectivity index (χ4v) is 4.75. The van der Waals surface area contributed by atoms with Crippen molar-refractivity contribution in [1.82, 2.24) is 9.21 Å². The maximum atomic E-state index is 12.8. The summed E-state index contributed by atoms with van der Waals surface area (Å²) in [7, 11) is -3.64. The quantitative estimate of drug-likeness (QED) is 0.809. The van der Waals surface area contributed by atoms with Gasteiger partial charge in [-0.15, -0.1) is 0 Å². The molecule has 2 aromatic carbocycles. The van der Waals surface area contributed by atoms with Crippen LogP contribution in [-0.4, -0.2) is 49.2 Å². The van der Waals surface area contributed by atoms with E-state index in [9.17, 15) is 13.2 Å². The molecule has 7 heteroatoms. The molecule has 0 aromatic heterocycles. The molecule has 2 aromatic rings. The lowest BCUT2D eigenvalue weighted by Crippen LogP contribution is -2.55. The lowest BCUT2D eigenvalue weighted by atomic mass is 10.1. The first-order chi connectivity index (χ1) is 12.9. The van der Waals surface area contributed by atoms with E-state index in [1.807, 2.05) is 43.3 Å².